The van der Waals surface area contributed by atoms with Gasteiger partial charge in [0, 0.05) is 23.9 Å². The largest absolute Gasteiger partial charge is 0.384 e. The lowest BCUT2D eigenvalue weighted by atomic mass is 9.92. The minimum Gasteiger partial charge on any atom is -0.384 e. The fraction of sp³-hybridized carbons (Fsp3) is 0.417. The van der Waals surface area contributed by atoms with Crippen molar-refractivity contribution in [3.63, 3.8) is 0 Å². The number of nitrogens with zero attached hydrogens (tertiary/aromatic N) is 1. The topological polar surface area (TPSA) is 98.3 Å². The van der Waals surface area contributed by atoms with E-state index in [0.717, 1.165) is 5.69 Å². The summed E-state index contributed by atoms with van der Waals surface area (Å²) in [6.07, 6.45) is 0. The molecule has 0 bridgehead atoms. The third-order valence-corrected chi connectivity index (χ3v) is 2.79. The van der Waals surface area contributed by atoms with E-state index in [1.54, 1.807) is 32.9 Å². The summed E-state index contributed by atoms with van der Waals surface area (Å²) in [7, 11) is 0. The van der Waals surface area contributed by atoms with Crippen LogP contribution in [0.2, 0.25) is 0 Å². The van der Waals surface area contributed by atoms with E-state index in [1.807, 2.05) is 0 Å². The second-order valence-electron chi connectivity index (χ2n) is 4.86. The molecule has 0 fully saturated rings. The van der Waals surface area contributed by atoms with E-state index in [-0.39, 0.29) is 5.69 Å². The smallest absolute Gasteiger partial charge is 0.272 e. The molecule has 0 aliphatic heterocycles. The first kappa shape index (κ1) is 14.0. The van der Waals surface area contributed by atoms with Gasteiger partial charge in [0.1, 0.15) is 0 Å². The Kier molecular flexibility index (Phi) is 3.90. The Morgan fingerprint density at radius 2 is 2.11 bits per heavy atom. The molecule has 6 nitrogen and oxygen atoms in total. The van der Waals surface area contributed by atoms with Crippen molar-refractivity contribution < 1.29 is 9.72 Å². The molecule has 1 aromatic rings. The van der Waals surface area contributed by atoms with Crippen molar-refractivity contribution in [2.24, 2.45) is 11.1 Å². The van der Waals surface area contributed by atoms with Crippen molar-refractivity contribution in [3.8, 4) is 0 Å². The Morgan fingerprint density at radius 1 is 1.50 bits per heavy atom. The summed E-state index contributed by atoms with van der Waals surface area (Å²) in [5.74, 6) is -0.395. The van der Waals surface area contributed by atoms with Crippen molar-refractivity contribution in [2.45, 2.75) is 20.8 Å². The van der Waals surface area contributed by atoms with E-state index < -0.39 is 16.2 Å². The van der Waals surface area contributed by atoms with Crippen molar-refractivity contribution in [1.82, 2.24) is 0 Å². The zero-order valence-electron chi connectivity index (χ0n) is 10.7. The number of rotatable bonds is 5. The van der Waals surface area contributed by atoms with Crippen LogP contribution < -0.4 is 11.1 Å². The van der Waals surface area contributed by atoms with Gasteiger partial charge in [0.25, 0.3) is 5.69 Å². The molecule has 0 aliphatic carbocycles. The first-order valence-corrected chi connectivity index (χ1v) is 5.53. The van der Waals surface area contributed by atoms with Gasteiger partial charge in [-0.15, -0.1) is 0 Å². The lowest BCUT2D eigenvalue weighted by Crippen LogP contribution is -2.37. The average molecular weight is 251 g/mol. The standard InChI is InChI=1S/C12H17N3O3/c1-8-6-9(4-5-10(8)15(17)18)14-7-12(2,3)11(13)16/h4-6,14H,7H2,1-3H3,(H2,13,16). The predicted octanol–water partition coefficient (Wildman–Crippen LogP) is 1.83. The number of benzene rings is 1. The maximum Gasteiger partial charge on any atom is 0.272 e. The highest BCUT2D eigenvalue weighted by Crippen LogP contribution is 2.23. The molecule has 0 heterocycles. The third-order valence-electron chi connectivity index (χ3n) is 2.79. The number of nitrogens with one attached hydrogen (secondary N) is 1. The fourth-order valence-corrected chi connectivity index (χ4v) is 1.38. The van der Waals surface area contributed by atoms with Gasteiger partial charge in [-0.25, -0.2) is 0 Å². The van der Waals surface area contributed by atoms with Gasteiger partial charge in [0.05, 0.1) is 10.3 Å². The molecule has 98 valence electrons. The van der Waals surface area contributed by atoms with Crippen LogP contribution >= 0.6 is 0 Å². The Morgan fingerprint density at radius 3 is 2.56 bits per heavy atom. The second kappa shape index (κ2) is 5.03. The number of carbonyl (C=O) groups excluding carboxylic acids is 1. The highest BCUT2D eigenvalue weighted by molar-refractivity contribution is 5.80. The molecule has 0 saturated carbocycles. The first-order valence-electron chi connectivity index (χ1n) is 5.53. The molecule has 1 rings (SSSR count). The maximum atomic E-state index is 11.1. The number of nitro benzene ring substituents is 1. The van der Waals surface area contributed by atoms with Crippen LogP contribution in [0.25, 0.3) is 0 Å². The van der Waals surface area contributed by atoms with Crippen LogP contribution in [0, 0.1) is 22.5 Å². The lowest BCUT2D eigenvalue weighted by molar-refractivity contribution is -0.385. The number of carbonyl (C=O) groups is 1. The van der Waals surface area contributed by atoms with E-state index in [9.17, 15) is 14.9 Å². The van der Waals surface area contributed by atoms with Gasteiger partial charge in [-0.3, -0.25) is 14.9 Å². The summed E-state index contributed by atoms with van der Waals surface area (Å²) in [4.78, 5) is 21.4. The molecular formula is C12H17N3O3. The third kappa shape index (κ3) is 3.19. The van der Waals surface area contributed by atoms with E-state index >= 15 is 0 Å². The number of anilines is 1. The van der Waals surface area contributed by atoms with Crippen molar-refractivity contribution in [1.29, 1.82) is 0 Å². The minimum atomic E-state index is -0.671. The molecule has 0 unspecified atom stereocenters. The van der Waals surface area contributed by atoms with Crippen LogP contribution in [0.5, 0.6) is 0 Å². The Labute approximate surface area is 105 Å². The number of primary amides is 1. The second-order valence-corrected chi connectivity index (χ2v) is 4.86. The van der Waals surface area contributed by atoms with E-state index in [1.165, 1.54) is 6.07 Å². The number of hydrogen-bond acceptors (Lipinski definition) is 4. The average Bonchev–Trinajstić information content (AvgIpc) is 2.25. The summed E-state index contributed by atoms with van der Waals surface area (Å²) in [6, 6.07) is 4.73. The summed E-state index contributed by atoms with van der Waals surface area (Å²) >= 11 is 0. The Bertz CT molecular complexity index is 483. The van der Waals surface area contributed by atoms with Gasteiger partial charge in [0.15, 0.2) is 0 Å². The molecule has 0 atom stereocenters. The molecule has 6 heteroatoms. The number of hydrogen-bond donors (Lipinski definition) is 2. The van der Waals surface area contributed by atoms with Crippen molar-refractivity contribution >= 4 is 17.3 Å². The molecule has 1 aromatic carbocycles. The van der Waals surface area contributed by atoms with Gasteiger partial charge in [-0.1, -0.05) is 0 Å². The highest BCUT2D eigenvalue weighted by atomic mass is 16.6. The van der Waals surface area contributed by atoms with Crippen LogP contribution in [0.15, 0.2) is 18.2 Å². The molecule has 3 N–H and O–H groups in total. The monoisotopic (exact) mass is 251 g/mol. The van der Waals surface area contributed by atoms with Crippen molar-refractivity contribution in [3.05, 3.63) is 33.9 Å². The van der Waals surface area contributed by atoms with E-state index in [2.05, 4.69) is 5.32 Å². The van der Waals surface area contributed by atoms with Crippen LogP contribution in [0.3, 0.4) is 0 Å². The summed E-state index contributed by atoms with van der Waals surface area (Å²) < 4.78 is 0. The molecule has 0 aromatic heterocycles. The Hall–Kier alpha value is -2.11. The van der Waals surface area contributed by atoms with Crippen molar-refractivity contribution in [2.75, 3.05) is 11.9 Å². The van der Waals surface area contributed by atoms with Gasteiger partial charge in [-0.2, -0.15) is 0 Å². The molecule has 18 heavy (non-hydrogen) atoms. The maximum absolute atomic E-state index is 11.1. The predicted molar refractivity (Wildman–Crippen MR) is 69.3 cm³/mol. The van der Waals surface area contributed by atoms with Gasteiger partial charge >= 0.3 is 0 Å². The van der Waals surface area contributed by atoms with E-state index in [0.29, 0.717) is 12.1 Å². The summed E-state index contributed by atoms with van der Waals surface area (Å²) in [5, 5.41) is 13.7. The number of aryl methyl sites for hydroxylation is 1. The van der Waals surface area contributed by atoms with Crippen LogP contribution in [-0.2, 0) is 4.79 Å². The molecule has 0 radical (unpaired) electrons. The zero-order valence-corrected chi connectivity index (χ0v) is 10.7. The van der Waals surface area contributed by atoms with E-state index in [4.69, 9.17) is 5.73 Å². The summed E-state index contributed by atoms with van der Waals surface area (Å²) in [5.41, 5.74) is 5.97. The minimum absolute atomic E-state index is 0.0784. The normalized spacial score (nSPS) is 11.1. The lowest BCUT2D eigenvalue weighted by Gasteiger charge is -2.21. The van der Waals surface area contributed by atoms with Crippen LogP contribution in [0.4, 0.5) is 11.4 Å². The molecule has 0 spiro atoms. The molecule has 0 aliphatic rings. The quantitative estimate of drug-likeness (QED) is 0.616. The van der Waals surface area contributed by atoms with Crippen LogP contribution in [0.1, 0.15) is 19.4 Å². The molecule has 0 saturated heterocycles. The zero-order chi connectivity index (χ0) is 13.9. The van der Waals surface area contributed by atoms with Gasteiger partial charge < -0.3 is 11.1 Å². The molecular weight excluding hydrogens is 234 g/mol. The van der Waals surface area contributed by atoms with Gasteiger partial charge in [0.2, 0.25) is 5.91 Å². The highest BCUT2D eigenvalue weighted by Gasteiger charge is 2.24. The van der Waals surface area contributed by atoms with Crippen LogP contribution in [-0.4, -0.2) is 17.4 Å². The SMILES string of the molecule is Cc1cc(NCC(C)(C)C(N)=O)ccc1[N+](=O)[O-]. The number of amides is 1. The Balaban J connectivity index is 2.79. The molecule has 1 amide bonds. The van der Waals surface area contributed by atoms with Gasteiger partial charge in [-0.05, 0) is 32.9 Å². The number of nitro groups is 1. The number of nitrogens with two attached hydrogens (primary N) is 1. The summed E-state index contributed by atoms with van der Waals surface area (Å²) in [6.45, 7) is 5.52. The fourth-order valence-electron chi connectivity index (χ4n) is 1.38. The first-order chi connectivity index (χ1) is 8.24.